The number of fused-ring (bicyclic) bond motifs is 1. The molecule has 0 saturated carbocycles. The van der Waals surface area contributed by atoms with Crippen molar-refractivity contribution in [2.45, 2.75) is 10.7 Å². The summed E-state index contributed by atoms with van der Waals surface area (Å²) in [6.45, 7) is 0. The standard InChI is InChI=1S/C16H12F3N3O2S2/c17-16(18,19)24-11-4-2-10(3-5-11)21-14(23)8-25-15-22-12-6-1-9(20)7-13(12)26-15/h1-7H,8,20H2,(H,21,23). The van der Waals surface area contributed by atoms with Gasteiger partial charge in [-0.1, -0.05) is 11.8 Å². The third kappa shape index (κ3) is 5.02. The van der Waals surface area contributed by atoms with Gasteiger partial charge in [-0.25, -0.2) is 4.98 Å². The number of alkyl halides is 3. The number of rotatable bonds is 5. The van der Waals surface area contributed by atoms with Gasteiger partial charge >= 0.3 is 6.36 Å². The first-order chi connectivity index (χ1) is 12.3. The van der Waals surface area contributed by atoms with Crippen molar-refractivity contribution in [1.29, 1.82) is 0 Å². The molecule has 10 heteroatoms. The molecule has 0 spiro atoms. The van der Waals surface area contributed by atoms with E-state index in [0.29, 0.717) is 11.4 Å². The highest BCUT2D eigenvalue weighted by molar-refractivity contribution is 8.01. The fourth-order valence-corrected chi connectivity index (χ4v) is 3.96. The molecule has 0 aliphatic heterocycles. The molecule has 1 amide bonds. The van der Waals surface area contributed by atoms with Crippen LogP contribution in [0.25, 0.3) is 10.2 Å². The molecule has 2 aromatic carbocycles. The second-order valence-corrected chi connectivity index (χ2v) is 7.37. The molecule has 0 radical (unpaired) electrons. The maximum atomic E-state index is 12.1. The van der Waals surface area contributed by atoms with E-state index in [-0.39, 0.29) is 17.4 Å². The molecule has 136 valence electrons. The van der Waals surface area contributed by atoms with Crippen LogP contribution in [0.3, 0.4) is 0 Å². The molecule has 3 N–H and O–H groups in total. The minimum Gasteiger partial charge on any atom is -0.406 e. The number of thioether (sulfide) groups is 1. The number of nitrogens with zero attached hydrogens (tertiary/aromatic N) is 1. The molecule has 0 saturated heterocycles. The SMILES string of the molecule is Nc1ccc2nc(SCC(=O)Nc3ccc(OC(F)(F)F)cc3)sc2c1. The highest BCUT2D eigenvalue weighted by Gasteiger charge is 2.30. The zero-order valence-corrected chi connectivity index (χ0v) is 14.7. The molecule has 0 aliphatic carbocycles. The van der Waals surface area contributed by atoms with Gasteiger partial charge in [0.05, 0.1) is 16.0 Å². The minimum atomic E-state index is -4.75. The van der Waals surface area contributed by atoms with Crippen LogP contribution in [0.2, 0.25) is 0 Å². The lowest BCUT2D eigenvalue weighted by atomic mass is 10.3. The third-order valence-corrected chi connectivity index (χ3v) is 5.25. The molecule has 0 unspecified atom stereocenters. The number of hydrogen-bond acceptors (Lipinski definition) is 6. The highest BCUT2D eigenvalue weighted by Crippen LogP contribution is 2.31. The van der Waals surface area contributed by atoms with Crippen molar-refractivity contribution in [2.24, 2.45) is 0 Å². The Balaban J connectivity index is 1.54. The summed E-state index contributed by atoms with van der Waals surface area (Å²) in [7, 11) is 0. The van der Waals surface area contributed by atoms with Crippen molar-refractivity contribution in [3.63, 3.8) is 0 Å². The molecular weight excluding hydrogens is 387 g/mol. The fraction of sp³-hybridized carbons (Fsp3) is 0.125. The van der Waals surface area contributed by atoms with Gasteiger partial charge in [0, 0.05) is 11.4 Å². The van der Waals surface area contributed by atoms with Crippen LogP contribution in [0.5, 0.6) is 5.75 Å². The molecule has 1 aromatic heterocycles. The lowest BCUT2D eigenvalue weighted by Gasteiger charge is -2.09. The molecule has 1 heterocycles. The minimum absolute atomic E-state index is 0.121. The molecule has 5 nitrogen and oxygen atoms in total. The lowest BCUT2D eigenvalue weighted by molar-refractivity contribution is -0.274. The number of nitrogens with two attached hydrogens (primary N) is 1. The summed E-state index contributed by atoms with van der Waals surface area (Å²) in [5.41, 5.74) is 7.56. The Morgan fingerprint density at radius 2 is 1.96 bits per heavy atom. The normalized spacial score (nSPS) is 11.5. The van der Waals surface area contributed by atoms with Crippen molar-refractivity contribution in [3.8, 4) is 5.75 Å². The average molecular weight is 399 g/mol. The summed E-state index contributed by atoms with van der Waals surface area (Å²) in [5, 5.41) is 2.61. The zero-order chi connectivity index (χ0) is 18.7. The van der Waals surface area contributed by atoms with Gasteiger partial charge < -0.3 is 15.8 Å². The predicted molar refractivity (Wildman–Crippen MR) is 96.5 cm³/mol. The maximum absolute atomic E-state index is 12.1. The second kappa shape index (κ2) is 7.42. The van der Waals surface area contributed by atoms with Gasteiger partial charge in [0.15, 0.2) is 4.34 Å². The van der Waals surface area contributed by atoms with Crippen LogP contribution in [0.1, 0.15) is 0 Å². The number of ether oxygens (including phenoxy) is 1. The Labute approximate surface area is 154 Å². The fourth-order valence-electron chi connectivity index (χ4n) is 2.05. The van der Waals surface area contributed by atoms with Crippen molar-refractivity contribution >= 4 is 50.6 Å². The van der Waals surface area contributed by atoms with Gasteiger partial charge in [0.2, 0.25) is 5.91 Å². The van der Waals surface area contributed by atoms with E-state index in [0.717, 1.165) is 26.7 Å². The summed E-state index contributed by atoms with van der Waals surface area (Å²) >= 11 is 2.71. The first-order valence-electron chi connectivity index (χ1n) is 7.23. The van der Waals surface area contributed by atoms with Gasteiger partial charge in [-0.05, 0) is 42.5 Å². The van der Waals surface area contributed by atoms with E-state index < -0.39 is 6.36 Å². The summed E-state index contributed by atoms with van der Waals surface area (Å²) < 4.78 is 41.8. The molecule has 3 aromatic rings. The first-order valence-corrected chi connectivity index (χ1v) is 9.03. The number of aromatic nitrogens is 1. The van der Waals surface area contributed by atoms with E-state index in [1.165, 1.54) is 35.2 Å². The summed E-state index contributed by atoms with van der Waals surface area (Å²) in [4.78, 5) is 16.4. The molecule has 0 bridgehead atoms. The van der Waals surface area contributed by atoms with E-state index >= 15 is 0 Å². The van der Waals surface area contributed by atoms with Crippen LogP contribution < -0.4 is 15.8 Å². The quantitative estimate of drug-likeness (QED) is 0.488. The molecule has 0 fully saturated rings. The van der Waals surface area contributed by atoms with Crippen molar-refractivity contribution in [2.75, 3.05) is 16.8 Å². The van der Waals surface area contributed by atoms with Crippen LogP contribution in [0.4, 0.5) is 24.5 Å². The van der Waals surface area contributed by atoms with Crippen molar-refractivity contribution in [1.82, 2.24) is 4.98 Å². The largest absolute Gasteiger partial charge is 0.573 e. The third-order valence-electron chi connectivity index (χ3n) is 3.09. The van der Waals surface area contributed by atoms with Crippen LogP contribution in [0.15, 0.2) is 46.8 Å². The Hall–Kier alpha value is -2.46. The zero-order valence-electron chi connectivity index (χ0n) is 13.0. The number of nitrogen functional groups attached to an aromatic ring is 1. The Morgan fingerprint density at radius 3 is 2.65 bits per heavy atom. The predicted octanol–water partition coefficient (Wildman–Crippen LogP) is 4.51. The number of amides is 1. The summed E-state index contributed by atoms with van der Waals surface area (Å²) in [6, 6.07) is 10.3. The first kappa shape index (κ1) is 18.3. The number of carbonyl (C=O) groups is 1. The molecule has 0 atom stereocenters. The topological polar surface area (TPSA) is 77.2 Å². The molecule has 0 aliphatic rings. The van der Waals surface area contributed by atoms with E-state index in [1.807, 2.05) is 12.1 Å². The number of nitrogens with one attached hydrogen (secondary N) is 1. The van der Waals surface area contributed by atoms with Crippen molar-refractivity contribution in [3.05, 3.63) is 42.5 Å². The number of halogens is 3. The number of anilines is 2. The number of benzene rings is 2. The number of thiazole rings is 1. The summed E-state index contributed by atoms with van der Waals surface area (Å²) in [5.74, 6) is -0.521. The highest BCUT2D eigenvalue weighted by atomic mass is 32.2. The van der Waals surface area contributed by atoms with Crippen LogP contribution in [-0.2, 0) is 4.79 Å². The average Bonchev–Trinajstić information content (AvgIpc) is 2.95. The van der Waals surface area contributed by atoms with Crippen LogP contribution >= 0.6 is 23.1 Å². The molecular formula is C16H12F3N3O2S2. The smallest absolute Gasteiger partial charge is 0.406 e. The van der Waals surface area contributed by atoms with Crippen LogP contribution in [-0.4, -0.2) is 23.0 Å². The van der Waals surface area contributed by atoms with E-state index in [4.69, 9.17) is 5.73 Å². The monoisotopic (exact) mass is 399 g/mol. The summed E-state index contributed by atoms with van der Waals surface area (Å²) in [6.07, 6.45) is -4.75. The molecule has 26 heavy (non-hydrogen) atoms. The van der Waals surface area contributed by atoms with E-state index in [2.05, 4.69) is 15.0 Å². The Morgan fingerprint density at radius 1 is 1.23 bits per heavy atom. The lowest BCUT2D eigenvalue weighted by Crippen LogP contribution is -2.17. The number of hydrogen-bond donors (Lipinski definition) is 2. The second-order valence-electron chi connectivity index (χ2n) is 5.12. The van der Waals surface area contributed by atoms with E-state index in [9.17, 15) is 18.0 Å². The Bertz CT molecular complexity index is 927. The van der Waals surface area contributed by atoms with Crippen LogP contribution in [0, 0.1) is 0 Å². The van der Waals surface area contributed by atoms with Gasteiger partial charge in [-0.15, -0.1) is 24.5 Å². The number of carbonyl (C=O) groups excluding carboxylic acids is 1. The Kier molecular flexibility index (Phi) is 5.23. The maximum Gasteiger partial charge on any atom is 0.573 e. The van der Waals surface area contributed by atoms with Gasteiger partial charge in [-0.3, -0.25) is 4.79 Å². The van der Waals surface area contributed by atoms with Gasteiger partial charge in [0.25, 0.3) is 0 Å². The van der Waals surface area contributed by atoms with Gasteiger partial charge in [0.1, 0.15) is 5.75 Å². The van der Waals surface area contributed by atoms with Gasteiger partial charge in [-0.2, -0.15) is 0 Å². The van der Waals surface area contributed by atoms with Crippen molar-refractivity contribution < 1.29 is 22.7 Å². The molecule has 3 rings (SSSR count). The van der Waals surface area contributed by atoms with E-state index in [1.54, 1.807) is 6.07 Å².